The van der Waals surface area contributed by atoms with Gasteiger partial charge >= 0.3 is 0 Å². The molecule has 2 nitrogen and oxygen atoms in total. The molecule has 0 aliphatic heterocycles. The highest BCUT2D eigenvalue weighted by atomic mass is 32.1. The molecule has 1 saturated carbocycles. The lowest BCUT2D eigenvalue weighted by molar-refractivity contribution is 0.289. The minimum Gasteiger partial charge on any atom is -0.312 e. The van der Waals surface area contributed by atoms with Gasteiger partial charge in [0.05, 0.1) is 6.54 Å². The second-order valence-corrected chi connectivity index (χ2v) is 6.61. The third-order valence-electron chi connectivity index (χ3n) is 3.35. The predicted octanol–water partition coefficient (Wildman–Crippen LogP) is 3.09. The summed E-state index contributed by atoms with van der Waals surface area (Å²) in [5.74, 6) is 3.69. The molecule has 0 spiro atoms. The quantitative estimate of drug-likeness (QED) is 0.551. The molecule has 0 aromatic carbocycles. The van der Waals surface area contributed by atoms with Crippen LogP contribution >= 0.6 is 11.3 Å². The first-order valence-corrected chi connectivity index (χ1v) is 8.07. The Morgan fingerprint density at radius 1 is 1.42 bits per heavy atom. The first kappa shape index (κ1) is 14.6. The molecule has 0 amide bonds. The maximum atomic E-state index is 5.47. The van der Waals surface area contributed by atoms with Crippen molar-refractivity contribution in [3.05, 3.63) is 21.9 Å². The van der Waals surface area contributed by atoms with Gasteiger partial charge in [-0.05, 0) is 43.9 Å². The zero-order valence-corrected chi connectivity index (χ0v) is 12.6. The topological polar surface area (TPSA) is 15.3 Å². The summed E-state index contributed by atoms with van der Waals surface area (Å²) in [6.07, 6.45) is 9.43. The molecule has 2 rings (SSSR count). The summed E-state index contributed by atoms with van der Waals surface area (Å²) in [6, 6.07) is 4.50. The molecular formula is C16H24N2S. The first-order valence-electron chi connectivity index (χ1n) is 7.26. The fourth-order valence-electron chi connectivity index (χ4n) is 2.19. The molecule has 1 aromatic heterocycles. The average Bonchev–Trinajstić information content (AvgIpc) is 3.09. The van der Waals surface area contributed by atoms with E-state index in [4.69, 9.17) is 6.42 Å². The third kappa shape index (κ3) is 5.36. The van der Waals surface area contributed by atoms with Gasteiger partial charge in [0.1, 0.15) is 0 Å². The summed E-state index contributed by atoms with van der Waals surface area (Å²) in [6.45, 7) is 7.25. The van der Waals surface area contributed by atoms with Crippen LogP contribution < -0.4 is 5.32 Å². The molecule has 1 aliphatic rings. The molecule has 1 fully saturated rings. The molecule has 0 radical (unpaired) electrons. The van der Waals surface area contributed by atoms with Crippen molar-refractivity contribution in [3.8, 4) is 12.3 Å². The number of nitrogens with one attached hydrogen (secondary N) is 1. The molecule has 1 N–H and O–H groups in total. The molecule has 104 valence electrons. The SMILES string of the molecule is C#CCN(Cc1ccc(CNCCC)s1)CC1CC1. The van der Waals surface area contributed by atoms with Gasteiger partial charge in [0, 0.05) is 29.4 Å². The maximum absolute atomic E-state index is 5.47. The van der Waals surface area contributed by atoms with Crippen molar-refractivity contribution in [2.75, 3.05) is 19.6 Å². The van der Waals surface area contributed by atoms with Gasteiger partial charge < -0.3 is 5.32 Å². The summed E-state index contributed by atoms with van der Waals surface area (Å²) in [5.41, 5.74) is 0. The lowest BCUT2D eigenvalue weighted by Crippen LogP contribution is -2.25. The monoisotopic (exact) mass is 276 g/mol. The highest BCUT2D eigenvalue weighted by Gasteiger charge is 2.24. The van der Waals surface area contributed by atoms with E-state index >= 15 is 0 Å². The molecule has 0 bridgehead atoms. The van der Waals surface area contributed by atoms with Crippen molar-refractivity contribution in [1.82, 2.24) is 10.2 Å². The largest absolute Gasteiger partial charge is 0.312 e. The van der Waals surface area contributed by atoms with Crippen molar-refractivity contribution < 1.29 is 0 Å². The molecule has 0 unspecified atom stereocenters. The minimum absolute atomic E-state index is 0.776. The van der Waals surface area contributed by atoms with Gasteiger partial charge in [-0.2, -0.15) is 0 Å². The second-order valence-electron chi connectivity index (χ2n) is 5.36. The summed E-state index contributed by atoms with van der Waals surface area (Å²) < 4.78 is 0. The van der Waals surface area contributed by atoms with E-state index in [1.54, 1.807) is 0 Å². The van der Waals surface area contributed by atoms with Gasteiger partial charge in [0.25, 0.3) is 0 Å². The highest BCUT2D eigenvalue weighted by molar-refractivity contribution is 7.11. The normalized spacial score (nSPS) is 14.8. The van der Waals surface area contributed by atoms with Crippen LogP contribution in [0.15, 0.2) is 12.1 Å². The van der Waals surface area contributed by atoms with Gasteiger partial charge in [0.2, 0.25) is 0 Å². The lowest BCUT2D eigenvalue weighted by Gasteiger charge is -2.18. The molecule has 3 heteroatoms. The van der Waals surface area contributed by atoms with Gasteiger partial charge in [-0.1, -0.05) is 12.8 Å². The zero-order chi connectivity index (χ0) is 13.5. The maximum Gasteiger partial charge on any atom is 0.0602 e. The molecule has 1 aromatic rings. The Balaban J connectivity index is 1.80. The second kappa shape index (κ2) is 7.69. The number of hydrogen-bond acceptors (Lipinski definition) is 3. The highest BCUT2D eigenvalue weighted by Crippen LogP contribution is 2.30. The summed E-state index contributed by atoms with van der Waals surface area (Å²) >= 11 is 1.91. The number of hydrogen-bond donors (Lipinski definition) is 1. The molecule has 0 saturated heterocycles. The third-order valence-corrected chi connectivity index (χ3v) is 4.42. The Kier molecular flexibility index (Phi) is 5.91. The van der Waals surface area contributed by atoms with E-state index in [0.717, 1.165) is 32.1 Å². The van der Waals surface area contributed by atoms with Crippen LogP contribution in [0.5, 0.6) is 0 Å². The van der Waals surface area contributed by atoms with Crippen molar-refractivity contribution >= 4 is 11.3 Å². The smallest absolute Gasteiger partial charge is 0.0602 e. The van der Waals surface area contributed by atoms with Crippen LogP contribution in [0.4, 0.5) is 0 Å². The van der Waals surface area contributed by atoms with Crippen molar-refractivity contribution in [1.29, 1.82) is 0 Å². The van der Waals surface area contributed by atoms with E-state index in [0.29, 0.717) is 0 Å². The number of terminal acetylenes is 1. The van der Waals surface area contributed by atoms with Gasteiger partial charge in [-0.25, -0.2) is 0 Å². The average molecular weight is 276 g/mol. The summed E-state index contributed by atoms with van der Waals surface area (Å²) in [7, 11) is 0. The minimum atomic E-state index is 0.776. The lowest BCUT2D eigenvalue weighted by atomic mass is 10.3. The van der Waals surface area contributed by atoms with Crippen LogP contribution in [0.25, 0.3) is 0 Å². The predicted molar refractivity (Wildman–Crippen MR) is 83.2 cm³/mol. The Labute approximate surface area is 121 Å². The van der Waals surface area contributed by atoms with E-state index in [9.17, 15) is 0 Å². The van der Waals surface area contributed by atoms with Gasteiger partial charge in [0.15, 0.2) is 0 Å². The van der Waals surface area contributed by atoms with Crippen LogP contribution in [-0.2, 0) is 13.1 Å². The van der Waals surface area contributed by atoms with Crippen LogP contribution in [-0.4, -0.2) is 24.5 Å². The molecule has 1 aliphatic carbocycles. The van der Waals surface area contributed by atoms with Crippen LogP contribution in [0.1, 0.15) is 35.9 Å². The summed E-state index contributed by atoms with van der Waals surface area (Å²) in [5, 5.41) is 3.45. The van der Waals surface area contributed by atoms with Gasteiger partial charge in [-0.3, -0.25) is 4.90 Å². The number of nitrogens with zero attached hydrogens (tertiary/aromatic N) is 1. The first-order chi connectivity index (χ1) is 9.31. The molecular weight excluding hydrogens is 252 g/mol. The van der Waals surface area contributed by atoms with E-state index in [2.05, 4.69) is 35.2 Å². The standard InChI is InChI=1S/C16H24N2S/c1-3-9-17-11-15-7-8-16(19-15)13-18(10-4-2)12-14-5-6-14/h2,7-8,14,17H,3,5-6,9-13H2,1H3. The van der Waals surface area contributed by atoms with Gasteiger partial charge in [-0.15, -0.1) is 17.8 Å². The Hall–Kier alpha value is -0.820. The summed E-state index contributed by atoms with van der Waals surface area (Å²) in [4.78, 5) is 5.27. The number of rotatable bonds is 9. The van der Waals surface area contributed by atoms with Crippen molar-refractivity contribution in [3.63, 3.8) is 0 Å². The van der Waals surface area contributed by atoms with E-state index in [1.165, 1.54) is 35.6 Å². The Morgan fingerprint density at radius 3 is 2.89 bits per heavy atom. The Bertz CT molecular complexity index is 415. The number of thiophene rings is 1. The molecule has 1 heterocycles. The fraction of sp³-hybridized carbons (Fsp3) is 0.625. The molecule has 0 atom stereocenters. The van der Waals surface area contributed by atoms with E-state index in [-0.39, 0.29) is 0 Å². The van der Waals surface area contributed by atoms with Crippen molar-refractivity contribution in [2.45, 2.75) is 39.3 Å². The molecule has 19 heavy (non-hydrogen) atoms. The fourth-order valence-corrected chi connectivity index (χ4v) is 3.22. The Morgan fingerprint density at radius 2 is 2.21 bits per heavy atom. The van der Waals surface area contributed by atoms with E-state index in [1.807, 2.05) is 11.3 Å². The zero-order valence-electron chi connectivity index (χ0n) is 11.8. The van der Waals surface area contributed by atoms with Crippen LogP contribution in [0.3, 0.4) is 0 Å². The van der Waals surface area contributed by atoms with Crippen LogP contribution in [0, 0.1) is 18.3 Å². The van der Waals surface area contributed by atoms with Crippen molar-refractivity contribution in [2.24, 2.45) is 5.92 Å². The van der Waals surface area contributed by atoms with E-state index < -0.39 is 0 Å². The van der Waals surface area contributed by atoms with Crippen LogP contribution in [0.2, 0.25) is 0 Å².